The van der Waals surface area contributed by atoms with E-state index in [-0.39, 0.29) is 36.4 Å². The lowest BCUT2D eigenvalue weighted by atomic mass is 9.83. The SMILES string of the molecule is CO[C@@H]1CC[C@H](C(=O)NCc2nnc(N)s2)C[C@H]1NC(=O)c1cn(C)cn1.O=CO. The number of ether oxygens (including phenoxy) is 1. The molecule has 2 amide bonds. The number of hydrogen-bond acceptors (Lipinski definition) is 9. The van der Waals surface area contributed by atoms with Gasteiger partial charge in [0.1, 0.15) is 10.7 Å². The Bertz CT molecular complexity index is 855. The van der Waals surface area contributed by atoms with Crippen molar-refractivity contribution in [3.8, 4) is 0 Å². The topological polar surface area (TPSA) is 174 Å². The summed E-state index contributed by atoms with van der Waals surface area (Å²) in [4.78, 5) is 37.4. The molecule has 0 aliphatic heterocycles. The minimum atomic E-state index is -0.270. The van der Waals surface area contributed by atoms with E-state index >= 15 is 0 Å². The molecule has 0 saturated heterocycles. The van der Waals surface area contributed by atoms with Gasteiger partial charge in [-0.3, -0.25) is 14.4 Å². The summed E-state index contributed by atoms with van der Waals surface area (Å²) in [5, 5.41) is 21.4. The maximum absolute atomic E-state index is 12.5. The smallest absolute Gasteiger partial charge is 0.290 e. The lowest BCUT2D eigenvalue weighted by molar-refractivity contribution is -0.127. The molecule has 2 aromatic rings. The second-order valence-electron chi connectivity index (χ2n) is 6.65. The van der Waals surface area contributed by atoms with Gasteiger partial charge in [0.2, 0.25) is 11.0 Å². The largest absolute Gasteiger partial charge is 0.483 e. The van der Waals surface area contributed by atoms with Crippen LogP contribution >= 0.6 is 11.3 Å². The lowest BCUT2D eigenvalue weighted by Crippen LogP contribution is -2.50. The summed E-state index contributed by atoms with van der Waals surface area (Å²) >= 11 is 1.24. The fourth-order valence-electron chi connectivity index (χ4n) is 3.23. The first-order valence-corrected chi connectivity index (χ1v) is 9.94. The number of carbonyl (C=O) groups excluding carboxylic acids is 2. The molecular formula is C17H25N7O5S. The summed E-state index contributed by atoms with van der Waals surface area (Å²) in [6.07, 6.45) is 4.97. The van der Waals surface area contributed by atoms with Crippen molar-refractivity contribution in [2.45, 2.75) is 38.0 Å². The van der Waals surface area contributed by atoms with Gasteiger partial charge < -0.3 is 30.8 Å². The first-order valence-electron chi connectivity index (χ1n) is 9.13. The van der Waals surface area contributed by atoms with Gasteiger partial charge in [0.25, 0.3) is 12.4 Å². The molecule has 0 spiro atoms. The monoisotopic (exact) mass is 439 g/mol. The van der Waals surface area contributed by atoms with Gasteiger partial charge >= 0.3 is 0 Å². The summed E-state index contributed by atoms with van der Waals surface area (Å²) in [5.41, 5.74) is 5.88. The van der Waals surface area contributed by atoms with Gasteiger partial charge in [0.15, 0.2) is 0 Å². The minimum Gasteiger partial charge on any atom is -0.483 e. The van der Waals surface area contributed by atoms with Gasteiger partial charge in [0.05, 0.1) is 25.0 Å². The molecule has 1 fully saturated rings. The van der Waals surface area contributed by atoms with Crippen LogP contribution in [0.3, 0.4) is 0 Å². The van der Waals surface area contributed by atoms with Crippen molar-refractivity contribution in [2.24, 2.45) is 13.0 Å². The zero-order valence-corrected chi connectivity index (χ0v) is 17.5. The maximum atomic E-state index is 12.5. The van der Waals surface area contributed by atoms with E-state index in [1.54, 1.807) is 31.2 Å². The van der Waals surface area contributed by atoms with Crippen molar-refractivity contribution >= 4 is 34.8 Å². The molecule has 3 atom stereocenters. The number of imidazole rings is 1. The third-order valence-electron chi connectivity index (χ3n) is 4.61. The highest BCUT2D eigenvalue weighted by Crippen LogP contribution is 2.27. The molecule has 13 heteroatoms. The Morgan fingerprint density at radius 2 is 2.17 bits per heavy atom. The number of nitrogen functional groups attached to an aromatic ring is 1. The molecule has 1 aliphatic carbocycles. The van der Waals surface area contributed by atoms with Crippen LogP contribution in [0.2, 0.25) is 0 Å². The molecule has 1 aliphatic rings. The maximum Gasteiger partial charge on any atom is 0.290 e. The standard InChI is InChI=1S/C16H23N7O3S.CH2O2/c1-23-7-11(19-8-23)15(25)20-10-5-9(3-4-12(10)26-2)14(24)18-6-13-21-22-16(17)27-13;2-1-3/h7-10,12H,3-6H2,1-2H3,(H2,17,22)(H,18,24)(H,20,25);1H,(H,2,3)/t9-,10+,12+;/m0./s1. The number of methoxy groups -OCH3 is 1. The molecule has 2 aromatic heterocycles. The fourth-order valence-corrected chi connectivity index (χ4v) is 3.78. The fraction of sp³-hybridized carbons (Fsp3) is 0.529. The molecule has 0 unspecified atom stereocenters. The summed E-state index contributed by atoms with van der Waals surface area (Å²) in [5.74, 6) is -0.556. The Morgan fingerprint density at radius 1 is 1.43 bits per heavy atom. The summed E-state index contributed by atoms with van der Waals surface area (Å²) in [6.45, 7) is 0.0445. The zero-order valence-electron chi connectivity index (χ0n) is 16.6. The third kappa shape index (κ3) is 6.49. The normalized spacial score (nSPS) is 20.5. The van der Waals surface area contributed by atoms with Crippen LogP contribution in [-0.2, 0) is 27.9 Å². The van der Waals surface area contributed by atoms with Crippen LogP contribution in [0.5, 0.6) is 0 Å². The van der Waals surface area contributed by atoms with E-state index in [4.69, 9.17) is 20.4 Å². The van der Waals surface area contributed by atoms with Crippen molar-refractivity contribution in [1.29, 1.82) is 0 Å². The average Bonchev–Trinajstić information content (AvgIpc) is 3.34. The van der Waals surface area contributed by atoms with E-state index in [9.17, 15) is 9.59 Å². The number of nitrogens with one attached hydrogen (secondary N) is 2. The molecule has 12 nitrogen and oxygen atoms in total. The highest BCUT2D eigenvalue weighted by molar-refractivity contribution is 7.15. The second kappa shape index (κ2) is 11.2. The van der Waals surface area contributed by atoms with Gasteiger partial charge in [-0.25, -0.2) is 4.98 Å². The van der Waals surface area contributed by atoms with Gasteiger partial charge in [-0.2, -0.15) is 0 Å². The van der Waals surface area contributed by atoms with Gasteiger partial charge in [-0.15, -0.1) is 10.2 Å². The van der Waals surface area contributed by atoms with Crippen LogP contribution < -0.4 is 16.4 Å². The van der Waals surface area contributed by atoms with Crippen molar-refractivity contribution < 1.29 is 24.2 Å². The highest BCUT2D eigenvalue weighted by atomic mass is 32.1. The number of hydrogen-bond donors (Lipinski definition) is 4. The van der Waals surface area contributed by atoms with Crippen LogP contribution in [0.25, 0.3) is 0 Å². The molecule has 0 aromatic carbocycles. The lowest BCUT2D eigenvalue weighted by Gasteiger charge is -2.35. The van der Waals surface area contributed by atoms with Crippen LogP contribution in [0.1, 0.15) is 34.8 Å². The molecule has 164 valence electrons. The molecule has 5 N–H and O–H groups in total. The average molecular weight is 439 g/mol. The van der Waals surface area contributed by atoms with Crippen molar-refractivity contribution in [2.75, 3.05) is 12.8 Å². The van der Waals surface area contributed by atoms with Crippen LogP contribution in [-0.4, -0.2) is 62.4 Å². The number of nitrogens with zero attached hydrogens (tertiary/aromatic N) is 4. The summed E-state index contributed by atoms with van der Waals surface area (Å²) in [7, 11) is 3.42. The van der Waals surface area contributed by atoms with Gasteiger partial charge in [-0.05, 0) is 19.3 Å². The van der Waals surface area contributed by atoms with Gasteiger partial charge in [-0.1, -0.05) is 11.3 Å². The number of amides is 2. The Labute approximate surface area is 176 Å². The van der Waals surface area contributed by atoms with E-state index in [1.165, 1.54) is 11.3 Å². The van der Waals surface area contributed by atoms with E-state index in [0.29, 0.717) is 41.6 Å². The number of aromatic nitrogens is 4. The first kappa shape index (κ1) is 23.2. The Kier molecular flexibility index (Phi) is 8.68. The number of nitrogens with two attached hydrogens (primary N) is 1. The number of carboxylic acid groups (broad SMARTS) is 1. The van der Waals surface area contributed by atoms with Crippen LogP contribution in [0.15, 0.2) is 12.5 Å². The van der Waals surface area contributed by atoms with E-state index in [2.05, 4.69) is 25.8 Å². The van der Waals surface area contributed by atoms with Crippen LogP contribution in [0, 0.1) is 5.92 Å². The van der Waals surface area contributed by atoms with Crippen LogP contribution in [0.4, 0.5) is 5.13 Å². The number of aryl methyl sites for hydroxylation is 1. The summed E-state index contributed by atoms with van der Waals surface area (Å²) in [6, 6.07) is -0.258. The van der Waals surface area contributed by atoms with Crippen molar-refractivity contribution in [3.05, 3.63) is 23.2 Å². The van der Waals surface area contributed by atoms with Crippen molar-refractivity contribution in [1.82, 2.24) is 30.4 Å². The first-order chi connectivity index (χ1) is 14.4. The Morgan fingerprint density at radius 3 is 2.73 bits per heavy atom. The number of carbonyl (C=O) groups is 3. The molecule has 0 bridgehead atoms. The van der Waals surface area contributed by atoms with E-state index < -0.39 is 0 Å². The molecule has 2 heterocycles. The molecular weight excluding hydrogens is 414 g/mol. The number of rotatable bonds is 6. The number of anilines is 1. The highest BCUT2D eigenvalue weighted by Gasteiger charge is 2.35. The molecule has 3 rings (SSSR count). The van der Waals surface area contributed by atoms with Gasteiger partial charge in [0, 0.05) is 26.3 Å². The molecule has 0 radical (unpaired) electrons. The molecule has 30 heavy (non-hydrogen) atoms. The third-order valence-corrected chi connectivity index (χ3v) is 5.36. The predicted molar refractivity (Wildman–Crippen MR) is 107 cm³/mol. The summed E-state index contributed by atoms with van der Waals surface area (Å²) < 4.78 is 7.21. The predicted octanol–water partition coefficient (Wildman–Crippen LogP) is -0.215. The Balaban J connectivity index is 0.00000101. The van der Waals surface area contributed by atoms with E-state index in [1.807, 2.05) is 0 Å². The van der Waals surface area contributed by atoms with E-state index in [0.717, 1.165) is 0 Å². The molecule has 1 saturated carbocycles. The Hall–Kier alpha value is -3.06. The minimum absolute atomic E-state index is 0.0737. The second-order valence-corrected chi connectivity index (χ2v) is 7.74. The quantitative estimate of drug-likeness (QED) is 0.444. The zero-order chi connectivity index (χ0) is 22.1. The van der Waals surface area contributed by atoms with Crippen molar-refractivity contribution in [3.63, 3.8) is 0 Å².